The van der Waals surface area contributed by atoms with Gasteiger partial charge in [0.2, 0.25) is 23.6 Å². The molecule has 0 aromatic carbocycles. The lowest BCUT2D eigenvalue weighted by molar-refractivity contribution is -0.139. The summed E-state index contributed by atoms with van der Waals surface area (Å²) in [6.45, 7) is 8.56. The second kappa shape index (κ2) is 21.6. The molecule has 0 saturated carbocycles. The molecular weight excluding hydrogens is 520 g/mol. The van der Waals surface area contributed by atoms with Crippen molar-refractivity contribution in [3.8, 4) is 0 Å². The first-order valence-electron chi connectivity index (χ1n) is 14.5. The molecule has 4 atom stereocenters. The summed E-state index contributed by atoms with van der Waals surface area (Å²) in [7, 11) is 0. The number of amides is 4. The van der Waals surface area contributed by atoms with Gasteiger partial charge in [-0.3, -0.25) is 28.8 Å². The summed E-state index contributed by atoms with van der Waals surface area (Å²) in [6, 6.07) is -1.39. The Bertz CT molecular complexity index is 754. The van der Waals surface area contributed by atoms with Gasteiger partial charge in [0.25, 0.3) is 0 Å². The molecule has 0 saturated heterocycles. The van der Waals surface area contributed by atoms with E-state index in [-0.39, 0.29) is 49.3 Å². The first-order valence-corrected chi connectivity index (χ1v) is 14.5. The molecular formula is C28H50N4O8. The molecule has 0 aromatic heterocycles. The number of hydrogen-bond donors (Lipinski definition) is 6. The maximum Gasteiger partial charge on any atom is 0.303 e. The smallest absolute Gasteiger partial charge is 0.303 e. The van der Waals surface area contributed by atoms with E-state index in [0.717, 1.165) is 38.5 Å². The Labute approximate surface area is 237 Å². The number of rotatable bonds is 23. The molecule has 4 amide bonds. The van der Waals surface area contributed by atoms with Crippen LogP contribution in [0.15, 0.2) is 0 Å². The second-order valence-electron chi connectivity index (χ2n) is 10.4. The first kappa shape index (κ1) is 36.8. The summed E-state index contributed by atoms with van der Waals surface area (Å²) >= 11 is 0. The van der Waals surface area contributed by atoms with Crippen molar-refractivity contribution in [3.05, 3.63) is 0 Å². The van der Waals surface area contributed by atoms with Crippen molar-refractivity contribution >= 4 is 35.6 Å². The number of nitrogens with one attached hydrogen (secondary N) is 4. The van der Waals surface area contributed by atoms with Gasteiger partial charge in [0.1, 0.15) is 12.1 Å². The molecule has 0 aliphatic carbocycles. The average Bonchev–Trinajstić information content (AvgIpc) is 2.92. The Morgan fingerprint density at radius 1 is 0.550 bits per heavy atom. The van der Waals surface area contributed by atoms with Crippen LogP contribution in [0.2, 0.25) is 0 Å². The maximum atomic E-state index is 12.6. The Kier molecular flexibility index (Phi) is 19.9. The lowest BCUT2D eigenvalue weighted by atomic mass is 9.98. The molecule has 0 rings (SSSR count). The van der Waals surface area contributed by atoms with E-state index in [1.165, 1.54) is 0 Å². The number of carboxylic acid groups (broad SMARTS) is 2. The molecule has 0 fully saturated rings. The summed E-state index contributed by atoms with van der Waals surface area (Å²) < 4.78 is 0. The zero-order valence-electron chi connectivity index (χ0n) is 24.6. The highest BCUT2D eigenvalue weighted by Crippen LogP contribution is 2.11. The fraction of sp³-hybridized carbons (Fsp3) is 0.786. The molecule has 0 spiro atoms. The van der Waals surface area contributed by atoms with Gasteiger partial charge in [0.05, 0.1) is 12.8 Å². The summed E-state index contributed by atoms with van der Waals surface area (Å²) in [5, 5.41) is 28.5. The standard InChI is InChI=1S/C28H50N4O8/c1-5-19(3)25(31-21(33)13-15-23(35)36)27(39)29-17-11-9-7-8-10-12-18-30-28(40)26(20(4)6-2)32-22(34)14-16-24(37)38/h19-20,25-26H,5-18H2,1-4H3,(H,29,39)(H,30,40)(H,31,33)(H,32,34)(H,35,36)(H,37,38)/t19?,20?,25-,26-/m0/s1. The van der Waals surface area contributed by atoms with Gasteiger partial charge >= 0.3 is 11.9 Å². The molecule has 230 valence electrons. The van der Waals surface area contributed by atoms with E-state index >= 15 is 0 Å². The first-order chi connectivity index (χ1) is 18.9. The van der Waals surface area contributed by atoms with Crippen molar-refractivity contribution in [1.82, 2.24) is 21.3 Å². The number of aliphatic carboxylic acids is 2. The molecule has 12 heteroatoms. The van der Waals surface area contributed by atoms with Gasteiger partial charge in [-0.05, 0) is 24.7 Å². The summed E-state index contributed by atoms with van der Waals surface area (Å²) in [4.78, 5) is 70.5. The van der Waals surface area contributed by atoms with Crippen molar-refractivity contribution in [3.63, 3.8) is 0 Å². The van der Waals surface area contributed by atoms with Crippen LogP contribution in [0.25, 0.3) is 0 Å². The minimum atomic E-state index is -1.06. The van der Waals surface area contributed by atoms with Crippen LogP contribution in [0.1, 0.15) is 105 Å². The Morgan fingerprint density at radius 2 is 0.875 bits per heavy atom. The third-order valence-electron chi connectivity index (χ3n) is 6.96. The largest absolute Gasteiger partial charge is 0.481 e. The molecule has 12 nitrogen and oxygen atoms in total. The minimum absolute atomic E-state index is 0.0806. The highest BCUT2D eigenvalue weighted by atomic mass is 16.4. The molecule has 0 bridgehead atoms. The maximum absolute atomic E-state index is 12.6. The quantitative estimate of drug-likeness (QED) is 0.101. The van der Waals surface area contributed by atoms with Crippen molar-refractivity contribution in [2.45, 2.75) is 117 Å². The minimum Gasteiger partial charge on any atom is -0.481 e. The van der Waals surface area contributed by atoms with Crippen LogP contribution < -0.4 is 21.3 Å². The highest BCUT2D eigenvalue weighted by molar-refractivity contribution is 5.89. The van der Waals surface area contributed by atoms with Crippen molar-refractivity contribution in [2.24, 2.45) is 11.8 Å². The molecule has 2 unspecified atom stereocenters. The van der Waals surface area contributed by atoms with Gasteiger partial charge in [-0.25, -0.2) is 0 Å². The van der Waals surface area contributed by atoms with Crippen LogP contribution >= 0.6 is 0 Å². The van der Waals surface area contributed by atoms with E-state index in [4.69, 9.17) is 10.2 Å². The Balaban J connectivity index is 4.21. The molecule has 6 N–H and O–H groups in total. The molecule has 0 heterocycles. The Hall–Kier alpha value is -3.18. The van der Waals surface area contributed by atoms with Gasteiger partial charge < -0.3 is 31.5 Å². The lowest BCUT2D eigenvalue weighted by Gasteiger charge is -2.23. The molecule has 0 radical (unpaired) electrons. The van der Waals surface area contributed by atoms with Gasteiger partial charge in [-0.15, -0.1) is 0 Å². The third-order valence-corrected chi connectivity index (χ3v) is 6.96. The fourth-order valence-electron chi connectivity index (χ4n) is 3.94. The predicted octanol–water partition coefficient (Wildman–Crippen LogP) is 2.35. The van der Waals surface area contributed by atoms with Crippen LogP contribution in [0.4, 0.5) is 0 Å². The number of carbonyl (C=O) groups excluding carboxylic acids is 4. The fourth-order valence-corrected chi connectivity index (χ4v) is 3.94. The molecule has 0 aliphatic heterocycles. The highest BCUT2D eigenvalue weighted by Gasteiger charge is 2.26. The number of carbonyl (C=O) groups is 6. The monoisotopic (exact) mass is 570 g/mol. The predicted molar refractivity (Wildman–Crippen MR) is 150 cm³/mol. The van der Waals surface area contributed by atoms with Crippen molar-refractivity contribution < 1.29 is 39.0 Å². The normalized spacial score (nSPS) is 13.8. The van der Waals surface area contributed by atoms with Gasteiger partial charge in [0, 0.05) is 25.9 Å². The van der Waals surface area contributed by atoms with Crippen molar-refractivity contribution in [2.75, 3.05) is 13.1 Å². The topological polar surface area (TPSA) is 191 Å². The Morgan fingerprint density at radius 3 is 1.18 bits per heavy atom. The van der Waals surface area contributed by atoms with Gasteiger partial charge in [-0.1, -0.05) is 66.2 Å². The zero-order valence-corrected chi connectivity index (χ0v) is 24.6. The van der Waals surface area contributed by atoms with Crippen LogP contribution in [-0.4, -0.2) is 71.0 Å². The number of carboxylic acids is 2. The van der Waals surface area contributed by atoms with Crippen LogP contribution in [0.5, 0.6) is 0 Å². The number of hydrogen-bond acceptors (Lipinski definition) is 6. The summed E-state index contributed by atoms with van der Waals surface area (Å²) in [5.74, 6) is -3.70. The average molecular weight is 571 g/mol. The summed E-state index contributed by atoms with van der Waals surface area (Å²) in [6.07, 6.45) is 5.87. The lowest BCUT2D eigenvalue weighted by Crippen LogP contribution is -2.50. The van der Waals surface area contributed by atoms with Gasteiger partial charge in [-0.2, -0.15) is 0 Å². The molecule has 40 heavy (non-hydrogen) atoms. The van der Waals surface area contributed by atoms with E-state index in [0.29, 0.717) is 25.9 Å². The zero-order chi connectivity index (χ0) is 30.5. The second-order valence-corrected chi connectivity index (χ2v) is 10.4. The SMILES string of the molecule is CCC(C)[C@H](NC(=O)CCC(=O)O)C(=O)NCCCCCCCCNC(=O)[C@@H](NC(=O)CCC(=O)O)C(C)CC. The van der Waals surface area contributed by atoms with E-state index < -0.39 is 35.8 Å². The van der Waals surface area contributed by atoms with E-state index in [9.17, 15) is 28.8 Å². The molecule has 0 aromatic rings. The van der Waals surface area contributed by atoms with Crippen LogP contribution in [-0.2, 0) is 28.8 Å². The van der Waals surface area contributed by atoms with E-state index in [1.54, 1.807) is 0 Å². The van der Waals surface area contributed by atoms with Crippen molar-refractivity contribution in [1.29, 1.82) is 0 Å². The number of unbranched alkanes of at least 4 members (excludes halogenated alkanes) is 5. The molecule has 0 aliphatic rings. The van der Waals surface area contributed by atoms with Crippen LogP contribution in [0.3, 0.4) is 0 Å². The van der Waals surface area contributed by atoms with E-state index in [1.807, 2.05) is 27.7 Å². The summed E-state index contributed by atoms with van der Waals surface area (Å²) in [5.41, 5.74) is 0. The van der Waals surface area contributed by atoms with E-state index in [2.05, 4.69) is 21.3 Å². The van der Waals surface area contributed by atoms with Gasteiger partial charge in [0.15, 0.2) is 0 Å². The third kappa shape index (κ3) is 17.4. The van der Waals surface area contributed by atoms with Crippen LogP contribution in [0, 0.1) is 11.8 Å².